The third-order valence-corrected chi connectivity index (χ3v) is 3.46. The van der Waals surface area contributed by atoms with E-state index in [0.29, 0.717) is 0 Å². The minimum Gasteiger partial charge on any atom is -0.392 e. The molecule has 0 bridgehead atoms. The summed E-state index contributed by atoms with van der Waals surface area (Å²) in [5.41, 5.74) is 1.02. The Bertz CT molecular complexity index is 276. The zero-order valence-corrected chi connectivity index (χ0v) is 9.99. The third kappa shape index (κ3) is 3.33. The molecule has 0 fully saturated rings. The van der Waals surface area contributed by atoms with Crippen molar-refractivity contribution in [2.75, 3.05) is 5.75 Å². The Balaban J connectivity index is 2.81. The van der Waals surface area contributed by atoms with Crippen molar-refractivity contribution in [1.82, 2.24) is 0 Å². The Hall–Kier alpha value is 0.01000. The highest BCUT2D eigenvalue weighted by molar-refractivity contribution is 9.10. The fraction of sp³-hybridized carbons (Fsp3) is 0.400. The number of aliphatic hydroxyl groups excluding tert-OH is 1. The van der Waals surface area contributed by atoms with Gasteiger partial charge < -0.3 is 5.11 Å². The van der Waals surface area contributed by atoms with Gasteiger partial charge in [0.2, 0.25) is 0 Å². The van der Waals surface area contributed by atoms with Crippen LogP contribution in [0.3, 0.4) is 0 Å². The van der Waals surface area contributed by atoms with Crippen LogP contribution in [0.15, 0.2) is 27.6 Å². The highest BCUT2D eigenvalue weighted by Gasteiger charge is 2.01. The van der Waals surface area contributed by atoms with Crippen molar-refractivity contribution in [2.24, 2.45) is 0 Å². The van der Waals surface area contributed by atoms with Crippen LogP contribution in [-0.4, -0.2) is 10.9 Å². The first-order chi connectivity index (χ1) is 6.27. The molecule has 1 N–H and O–H groups in total. The van der Waals surface area contributed by atoms with E-state index in [2.05, 4.69) is 28.9 Å². The second kappa shape index (κ2) is 5.68. The van der Waals surface area contributed by atoms with E-state index in [9.17, 15) is 0 Å². The smallest absolute Gasteiger partial charge is 0.0692 e. The Kier molecular flexibility index (Phi) is 4.84. The van der Waals surface area contributed by atoms with Gasteiger partial charge >= 0.3 is 0 Å². The van der Waals surface area contributed by atoms with Gasteiger partial charge in [-0.25, -0.2) is 0 Å². The highest BCUT2D eigenvalue weighted by atomic mass is 79.9. The molecule has 3 heteroatoms. The van der Waals surface area contributed by atoms with Crippen molar-refractivity contribution < 1.29 is 5.11 Å². The second-order valence-corrected chi connectivity index (χ2v) is 4.81. The highest BCUT2D eigenvalue weighted by Crippen LogP contribution is 2.26. The molecule has 13 heavy (non-hydrogen) atoms. The van der Waals surface area contributed by atoms with Crippen molar-refractivity contribution in [3.63, 3.8) is 0 Å². The molecule has 1 rings (SSSR count). The summed E-state index contributed by atoms with van der Waals surface area (Å²) in [5.74, 6) is 1.10. The number of hydrogen-bond donors (Lipinski definition) is 1. The first-order valence-electron chi connectivity index (χ1n) is 4.30. The summed E-state index contributed by atoms with van der Waals surface area (Å²) in [6.07, 6.45) is 1.15. The summed E-state index contributed by atoms with van der Waals surface area (Å²) in [4.78, 5) is 1.18. The van der Waals surface area contributed by atoms with E-state index in [0.717, 1.165) is 22.2 Å². The number of aliphatic hydroxyl groups is 1. The SMILES string of the molecule is CCCSc1cc(Br)ccc1CO. The lowest BCUT2D eigenvalue weighted by Gasteiger charge is -2.06. The molecule has 0 aromatic heterocycles. The lowest BCUT2D eigenvalue weighted by atomic mass is 10.2. The molecule has 0 amide bonds. The van der Waals surface area contributed by atoms with E-state index in [1.54, 1.807) is 11.8 Å². The summed E-state index contributed by atoms with van der Waals surface area (Å²) in [7, 11) is 0. The van der Waals surface area contributed by atoms with Crippen LogP contribution in [0.5, 0.6) is 0 Å². The van der Waals surface area contributed by atoms with Gasteiger partial charge in [-0.15, -0.1) is 11.8 Å². The molecule has 0 radical (unpaired) electrons. The van der Waals surface area contributed by atoms with E-state index in [4.69, 9.17) is 5.11 Å². The van der Waals surface area contributed by atoms with Crippen LogP contribution < -0.4 is 0 Å². The number of benzene rings is 1. The van der Waals surface area contributed by atoms with E-state index < -0.39 is 0 Å². The Labute approximate surface area is 91.7 Å². The molecule has 0 aliphatic carbocycles. The summed E-state index contributed by atoms with van der Waals surface area (Å²) in [5, 5.41) is 9.08. The Morgan fingerprint density at radius 1 is 1.46 bits per heavy atom. The number of thioether (sulfide) groups is 1. The maximum atomic E-state index is 9.08. The van der Waals surface area contributed by atoms with Crippen LogP contribution in [0, 0.1) is 0 Å². The maximum Gasteiger partial charge on any atom is 0.0692 e. The fourth-order valence-electron chi connectivity index (χ4n) is 1.01. The normalized spacial score (nSPS) is 10.4. The van der Waals surface area contributed by atoms with Gasteiger partial charge in [0.1, 0.15) is 0 Å². The van der Waals surface area contributed by atoms with Gasteiger partial charge in [-0.1, -0.05) is 28.9 Å². The maximum absolute atomic E-state index is 9.08. The van der Waals surface area contributed by atoms with Gasteiger partial charge in [0.15, 0.2) is 0 Å². The van der Waals surface area contributed by atoms with Crippen LogP contribution in [0.4, 0.5) is 0 Å². The minimum absolute atomic E-state index is 0.124. The predicted octanol–water partition coefficient (Wildman–Crippen LogP) is 3.44. The average molecular weight is 261 g/mol. The van der Waals surface area contributed by atoms with E-state index >= 15 is 0 Å². The molecule has 0 spiro atoms. The molecular formula is C10H13BrOS. The topological polar surface area (TPSA) is 20.2 Å². The molecule has 72 valence electrons. The Morgan fingerprint density at radius 2 is 2.23 bits per heavy atom. The van der Waals surface area contributed by atoms with Crippen LogP contribution in [-0.2, 0) is 6.61 Å². The largest absolute Gasteiger partial charge is 0.392 e. The van der Waals surface area contributed by atoms with Crippen LogP contribution in [0.1, 0.15) is 18.9 Å². The van der Waals surface area contributed by atoms with E-state index in [1.165, 1.54) is 4.90 Å². The summed E-state index contributed by atoms with van der Waals surface area (Å²) >= 11 is 5.22. The summed E-state index contributed by atoms with van der Waals surface area (Å²) in [6.45, 7) is 2.28. The lowest BCUT2D eigenvalue weighted by molar-refractivity contribution is 0.279. The quantitative estimate of drug-likeness (QED) is 0.838. The molecule has 0 aliphatic rings. The van der Waals surface area contributed by atoms with Crippen molar-refractivity contribution >= 4 is 27.7 Å². The molecule has 0 aliphatic heterocycles. The van der Waals surface area contributed by atoms with Crippen molar-refractivity contribution in [3.8, 4) is 0 Å². The zero-order chi connectivity index (χ0) is 9.68. The van der Waals surface area contributed by atoms with Gasteiger partial charge in [-0.2, -0.15) is 0 Å². The third-order valence-electron chi connectivity index (χ3n) is 1.66. The molecule has 0 unspecified atom stereocenters. The molecule has 0 saturated carbocycles. The van der Waals surface area contributed by atoms with Gasteiger partial charge in [0.25, 0.3) is 0 Å². The first-order valence-corrected chi connectivity index (χ1v) is 6.08. The van der Waals surface area contributed by atoms with Gasteiger partial charge in [0.05, 0.1) is 6.61 Å². The van der Waals surface area contributed by atoms with Crippen LogP contribution in [0.25, 0.3) is 0 Å². The predicted molar refractivity (Wildman–Crippen MR) is 61.1 cm³/mol. The minimum atomic E-state index is 0.124. The van der Waals surface area contributed by atoms with Gasteiger partial charge in [-0.05, 0) is 29.9 Å². The molecule has 0 atom stereocenters. The molecule has 0 heterocycles. The summed E-state index contributed by atoms with van der Waals surface area (Å²) in [6, 6.07) is 5.98. The molecule has 0 saturated heterocycles. The zero-order valence-electron chi connectivity index (χ0n) is 7.59. The monoisotopic (exact) mass is 260 g/mol. The Morgan fingerprint density at radius 3 is 2.85 bits per heavy atom. The van der Waals surface area contributed by atoms with E-state index in [1.807, 2.05) is 12.1 Å². The van der Waals surface area contributed by atoms with Crippen molar-refractivity contribution in [1.29, 1.82) is 0 Å². The number of hydrogen-bond acceptors (Lipinski definition) is 2. The van der Waals surface area contributed by atoms with Crippen molar-refractivity contribution in [3.05, 3.63) is 28.2 Å². The van der Waals surface area contributed by atoms with E-state index in [-0.39, 0.29) is 6.61 Å². The lowest BCUT2D eigenvalue weighted by Crippen LogP contribution is -1.88. The average Bonchev–Trinajstić information content (AvgIpc) is 2.15. The first kappa shape index (κ1) is 11.1. The van der Waals surface area contributed by atoms with Crippen LogP contribution in [0.2, 0.25) is 0 Å². The van der Waals surface area contributed by atoms with Gasteiger partial charge in [-0.3, -0.25) is 0 Å². The second-order valence-electron chi connectivity index (χ2n) is 2.76. The molecule has 1 aromatic carbocycles. The van der Waals surface area contributed by atoms with Crippen molar-refractivity contribution in [2.45, 2.75) is 24.8 Å². The van der Waals surface area contributed by atoms with Gasteiger partial charge in [0, 0.05) is 9.37 Å². The fourth-order valence-corrected chi connectivity index (χ4v) is 2.47. The molecule has 1 nitrogen and oxygen atoms in total. The molecular weight excluding hydrogens is 248 g/mol. The number of halogens is 1. The van der Waals surface area contributed by atoms with Crippen LogP contribution >= 0.6 is 27.7 Å². The summed E-state index contributed by atoms with van der Waals surface area (Å²) < 4.78 is 1.07. The standard InChI is InChI=1S/C10H13BrOS/c1-2-5-13-10-6-9(11)4-3-8(10)7-12/h3-4,6,12H,2,5,7H2,1H3. The number of rotatable bonds is 4. The molecule has 1 aromatic rings.